The summed E-state index contributed by atoms with van der Waals surface area (Å²) in [6.07, 6.45) is 12.9. The molecule has 0 radical (unpaired) electrons. The van der Waals surface area contributed by atoms with E-state index in [1.54, 1.807) is 24.7 Å². The van der Waals surface area contributed by atoms with Crippen molar-refractivity contribution in [2.75, 3.05) is 5.32 Å². The van der Waals surface area contributed by atoms with Crippen LogP contribution in [0.3, 0.4) is 0 Å². The number of nitrogens with one attached hydrogen (secondary N) is 2. The molecule has 1 aliphatic carbocycles. The van der Waals surface area contributed by atoms with E-state index in [2.05, 4.69) is 20.6 Å². The Hall–Kier alpha value is -2.43. The standard InChI is InChI=1S/C19H24N4O/c24-19(22-13-15-6-5-11-20-12-15)18-10-9-17(14-21-18)23-16-7-3-1-2-4-8-16/h5-6,9-12,14,16,23H,1-4,7-8,13H2,(H,22,24). The lowest BCUT2D eigenvalue weighted by Crippen LogP contribution is -2.24. The number of aromatic nitrogens is 2. The van der Waals surface area contributed by atoms with Crippen molar-refractivity contribution < 1.29 is 4.79 Å². The third kappa shape index (κ3) is 4.78. The van der Waals surface area contributed by atoms with E-state index in [9.17, 15) is 4.79 Å². The van der Waals surface area contributed by atoms with Crippen LogP contribution in [0.1, 0.15) is 54.6 Å². The molecule has 3 rings (SSSR count). The predicted octanol–water partition coefficient (Wildman–Crippen LogP) is 3.54. The first-order valence-electron chi connectivity index (χ1n) is 8.71. The second-order valence-electron chi connectivity index (χ2n) is 6.31. The zero-order valence-corrected chi connectivity index (χ0v) is 13.9. The molecule has 1 saturated carbocycles. The van der Waals surface area contributed by atoms with Gasteiger partial charge in [0.15, 0.2) is 0 Å². The van der Waals surface area contributed by atoms with Gasteiger partial charge in [-0.3, -0.25) is 9.78 Å². The lowest BCUT2D eigenvalue weighted by molar-refractivity contribution is 0.0946. The second kappa shape index (κ2) is 8.43. The van der Waals surface area contributed by atoms with E-state index >= 15 is 0 Å². The Morgan fingerprint density at radius 1 is 1.08 bits per heavy atom. The summed E-state index contributed by atoms with van der Waals surface area (Å²) in [5, 5.41) is 6.40. The number of hydrogen-bond acceptors (Lipinski definition) is 4. The van der Waals surface area contributed by atoms with Gasteiger partial charge in [0, 0.05) is 25.0 Å². The Morgan fingerprint density at radius 3 is 2.58 bits per heavy atom. The maximum atomic E-state index is 12.2. The van der Waals surface area contributed by atoms with E-state index < -0.39 is 0 Å². The summed E-state index contributed by atoms with van der Waals surface area (Å²) in [7, 11) is 0. The molecular weight excluding hydrogens is 300 g/mol. The molecule has 5 heteroatoms. The van der Waals surface area contributed by atoms with Crippen LogP contribution in [-0.4, -0.2) is 21.9 Å². The zero-order chi connectivity index (χ0) is 16.6. The van der Waals surface area contributed by atoms with Crippen LogP contribution in [-0.2, 0) is 6.54 Å². The molecule has 1 aliphatic rings. The normalized spacial score (nSPS) is 15.5. The quantitative estimate of drug-likeness (QED) is 0.826. The highest BCUT2D eigenvalue weighted by molar-refractivity contribution is 5.92. The first kappa shape index (κ1) is 16.4. The Bertz CT molecular complexity index is 634. The van der Waals surface area contributed by atoms with Gasteiger partial charge < -0.3 is 10.6 Å². The summed E-state index contributed by atoms with van der Waals surface area (Å²) in [5.74, 6) is -0.167. The predicted molar refractivity (Wildman–Crippen MR) is 94.8 cm³/mol. The lowest BCUT2D eigenvalue weighted by Gasteiger charge is -2.17. The average molecular weight is 324 g/mol. The van der Waals surface area contributed by atoms with Gasteiger partial charge in [-0.15, -0.1) is 0 Å². The van der Waals surface area contributed by atoms with Crippen molar-refractivity contribution in [2.24, 2.45) is 0 Å². The van der Waals surface area contributed by atoms with Crippen molar-refractivity contribution in [1.29, 1.82) is 0 Å². The van der Waals surface area contributed by atoms with Gasteiger partial charge in [0.1, 0.15) is 5.69 Å². The van der Waals surface area contributed by atoms with Crippen LogP contribution < -0.4 is 10.6 Å². The van der Waals surface area contributed by atoms with E-state index in [4.69, 9.17) is 0 Å². The number of amides is 1. The SMILES string of the molecule is O=C(NCc1cccnc1)c1ccc(NC2CCCCCC2)cn1. The van der Waals surface area contributed by atoms with E-state index in [-0.39, 0.29) is 5.91 Å². The number of carbonyl (C=O) groups is 1. The fourth-order valence-corrected chi connectivity index (χ4v) is 3.05. The van der Waals surface area contributed by atoms with Crippen LogP contribution in [0, 0.1) is 0 Å². The molecule has 0 bridgehead atoms. The van der Waals surface area contributed by atoms with Crippen LogP contribution in [0.25, 0.3) is 0 Å². The molecular formula is C19H24N4O. The van der Waals surface area contributed by atoms with Gasteiger partial charge in [-0.05, 0) is 36.6 Å². The lowest BCUT2D eigenvalue weighted by atomic mass is 10.1. The van der Waals surface area contributed by atoms with Gasteiger partial charge in [0.05, 0.1) is 11.9 Å². The summed E-state index contributed by atoms with van der Waals surface area (Å²) >= 11 is 0. The number of pyridine rings is 2. The van der Waals surface area contributed by atoms with E-state index in [0.29, 0.717) is 18.3 Å². The van der Waals surface area contributed by atoms with Crippen molar-refractivity contribution >= 4 is 11.6 Å². The molecule has 2 aromatic rings. The summed E-state index contributed by atoms with van der Waals surface area (Å²) in [5.41, 5.74) is 2.40. The highest BCUT2D eigenvalue weighted by atomic mass is 16.1. The number of hydrogen-bond donors (Lipinski definition) is 2. The third-order valence-corrected chi connectivity index (χ3v) is 4.40. The van der Waals surface area contributed by atoms with Crippen molar-refractivity contribution in [3.05, 3.63) is 54.1 Å². The second-order valence-corrected chi connectivity index (χ2v) is 6.31. The molecule has 126 valence electrons. The van der Waals surface area contributed by atoms with Gasteiger partial charge in [0.25, 0.3) is 5.91 Å². The van der Waals surface area contributed by atoms with Crippen molar-refractivity contribution in [1.82, 2.24) is 15.3 Å². The molecule has 1 fully saturated rings. The molecule has 24 heavy (non-hydrogen) atoms. The molecule has 2 N–H and O–H groups in total. The Morgan fingerprint density at radius 2 is 1.92 bits per heavy atom. The van der Waals surface area contributed by atoms with Crippen LogP contribution in [0.15, 0.2) is 42.9 Å². The molecule has 1 amide bonds. The monoisotopic (exact) mass is 324 g/mol. The molecule has 0 unspecified atom stereocenters. The molecule has 0 spiro atoms. The summed E-state index contributed by atoms with van der Waals surface area (Å²) in [6.45, 7) is 0.455. The van der Waals surface area contributed by atoms with Gasteiger partial charge in [-0.25, -0.2) is 4.98 Å². The van der Waals surface area contributed by atoms with E-state index in [0.717, 1.165) is 11.3 Å². The molecule has 0 aliphatic heterocycles. The fourth-order valence-electron chi connectivity index (χ4n) is 3.05. The maximum absolute atomic E-state index is 12.2. The Balaban J connectivity index is 1.52. The molecule has 0 atom stereocenters. The Kier molecular flexibility index (Phi) is 5.77. The number of nitrogens with zero attached hydrogens (tertiary/aromatic N) is 2. The molecule has 2 heterocycles. The number of rotatable bonds is 5. The first-order chi connectivity index (χ1) is 11.8. The van der Waals surface area contributed by atoms with E-state index in [1.807, 2.05) is 18.2 Å². The van der Waals surface area contributed by atoms with Crippen LogP contribution in [0.4, 0.5) is 5.69 Å². The first-order valence-corrected chi connectivity index (χ1v) is 8.71. The summed E-state index contributed by atoms with van der Waals surface area (Å²) in [4.78, 5) is 20.5. The molecule has 0 aromatic carbocycles. The van der Waals surface area contributed by atoms with Crippen LogP contribution >= 0.6 is 0 Å². The minimum Gasteiger partial charge on any atom is -0.381 e. The van der Waals surface area contributed by atoms with Gasteiger partial charge in [0.2, 0.25) is 0 Å². The Labute approximate surface area is 142 Å². The van der Waals surface area contributed by atoms with E-state index in [1.165, 1.54) is 38.5 Å². The molecule has 2 aromatic heterocycles. The van der Waals surface area contributed by atoms with Gasteiger partial charge in [-0.2, -0.15) is 0 Å². The van der Waals surface area contributed by atoms with Crippen LogP contribution in [0.5, 0.6) is 0 Å². The average Bonchev–Trinajstić information content (AvgIpc) is 2.90. The number of carbonyl (C=O) groups excluding carboxylic acids is 1. The summed E-state index contributed by atoms with van der Waals surface area (Å²) in [6, 6.07) is 8.03. The van der Waals surface area contributed by atoms with Crippen molar-refractivity contribution in [2.45, 2.75) is 51.1 Å². The van der Waals surface area contributed by atoms with Crippen molar-refractivity contribution in [3.63, 3.8) is 0 Å². The van der Waals surface area contributed by atoms with Crippen molar-refractivity contribution in [3.8, 4) is 0 Å². The van der Waals surface area contributed by atoms with Crippen LogP contribution in [0.2, 0.25) is 0 Å². The minimum absolute atomic E-state index is 0.167. The maximum Gasteiger partial charge on any atom is 0.270 e. The fraction of sp³-hybridized carbons (Fsp3) is 0.421. The smallest absolute Gasteiger partial charge is 0.270 e. The zero-order valence-electron chi connectivity index (χ0n) is 13.9. The molecule has 5 nitrogen and oxygen atoms in total. The largest absolute Gasteiger partial charge is 0.381 e. The molecule has 0 saturated heterocycles. The minimum atomic E-state index is -0.167. The third-order valence-electron chi connectivity index (χ3n) is 4.40. The van der Waals surface area contributed by atoms with Gasteiger partial charge >= 0.3 is 0 Å². The highest BCUT2D eigenvalue weighted by Crippen LogP contribution is 2.20. The number of anilines is 1. The highest BCUT2D eigenvalue weighted by Gasteiger charge is 2.12. The topological polar surface area (TPSA) is 66.9 Å². The van der Waals surface area contributed by atoms with Gasteiger partial charge in [-0.1, -0.05) is 31.7 Å². The summed E-state index contributed by atoms with van der Waals surface area (Å²) < 4.78 is 0.